The van der Waals surface area contributed by atoms with Crippen molar-refractivity contribution in [2.45, 2.75) is 18.9 Å². The number of esters is 2. The van der Waals surface area contributed by atoms with Crippen molar-refractivity contribution in [1.82, 2.24) is 0 Å². The highest BCUT2D eigenvalue weighted by atomic mass is 35.5. The molecule has 0 aliphatic rings. The molecule has 28 heavy (non-hydrogen) atoms. The first kappa shape index (κ1) is 23.7. The maximum atomic E-state index is 12.5. The van der Waals surface area contributed by atoms with Crippen LogP contribution in [0, 0.1) is 17.4 Å². The fraction of sp³-hybridized carbons (Fsp3) is 0.526. The normalized spacial score (nSPS) is 12.5. The fourth-order valence-corrected chi connectivity index (χ4v) is 2.47. The van der Waals surface area contributed by atoms with Crippen LogP contribution in [0.5, 0.6) is 0 Å². The Morgan fingerprint density at radius 2 is 1.57 bits per heavy atom. The van der Waals surface area contributed by atoms with Gasteiger partial charge in [-0.2, -0.15) is 5.26 Å². The standard InChI is InChI=1S/C19H24ClNO7/c1-24-7-9-26-18(22)15(11-14-3-5-16(20)6-4-14)12-17(28-13-21)19(23)27-10-8-25-2/h3-6,15,17H,7-12H2,1-2H3. The van der Waals surface area contributed by atoms with Crippen molar-refractivity contribution in [3.8, 4) is 6.26 Å². The van der Waals surface area contributed by atoms with E-state index in [9.17, 15) is 9.59 Å². The first-order valence-corrected chi connectivity index (χ1v) is 9.00. The zero-order chi connectivity index (χ0) is 20.8. The fourth-order valence-electron chi connectivity index (χ4n) is 2.34. The molecule has 0 N–H and O–H groups in total. The first-order chi connectivity index (χ1) is 13.5. The largest absolute Gasteiger partial charge is 0.463 e. The second-order valence-corrected chi connectivity index (χ2v) is 6.22. The van der Waals surface area contributed by atoms with Crippen LogP contribution >= 0.6 is 11.6 Å². The van der Waals surface area contributed by atoms with Gasteiger partial charge in [0.25, 0.3) is 6.26 Å². The molecule has 154 valence electrons. The topological polar surface area (TPSA) is 104 Å². The predicted molar refractivity (Wildman–Crippen MR) is 99.4 cm³/mol. The minimum absolute atomic E-state index is 0.0146. The number of benzene rings is 1. The lowest BCUT2D eigenvalue weighted by Gasteiger charge is -2.20. The van der Waals surface area contributed by atoms with E-state index in [4.69, 9.17) is 40.5 Å². The number of carbonyl (C=O) groups excluding carboxylic acids is 2. The molecule has 1 aromatic carbocycles. The van der Waals surface area contributed by atoms with Gasteiger partial charge in [0.05, 0.1) is 19.1 Å². The number of nitrogens with zero attached hydrogens (tertiary/aromatic N) is 1. The molecule has 1 rings (SSSR count). The number of methoxy groups -OCH3 is 2. The molecule has 1 aromatic rings. The molecule has 0 amide bonds. The summed E-state index contributed by atoms with van der Waals surface area (Å²) < 4.78 is 24.7. The van der Waals surface area contributed by atoms with E-state index < -0.39 is 24.0 Å². The van der Waals surface area contributed by atoms with Crippen molar-refractivity contribution in [3.05, 3.63) is 34.9 Å². The van der Waals surface area contributed by atoms with Gasteiger partial charge in [-0.3, -0.25) is 4.79 Å². The van der Waals surface area contributed by atoms with Gasteiger partial charge < -0.3 is 23.7 Å². The molecule has 0 radical (unpaired) electrons. The van der Waals surface area contributed by atoms with Crippen LogP contribution < -0.4 is 0 Å². The van der Waals surface area contributed by atoms with Crippen LogP contribution in [0.25, 0.3) is 0 Å². The first-order valence-electron chi connectivity index (χ1n) is 8.62. The molecule has 9 heteroatoms. The van der Waals surface area contributed by atoms with Gasteiger partial charge in [-0.25, -0.2) is 4.79 Å². The Morgan fingerprint density at radius 1 is 1.00 bits per heavy atom. The average Bonchev–Trinajstić information content (AvgIpc) is 2.68. The molecule has 0 aliphatic heterocycles. The molecule has 0 aliphatic carbocycles. The van der Waals surface area contributed by atoms with E-state index in [0.29, 0.717) is 5.02 Å². The Balaban J connectivity index is 2.86. The molecule has 0 spiro atoms. The molecule has 2 atom stereocenters. The monoisotopic (exact) mass is 413 g/mol. The van der Waals surface area contributed by atoms with Gasteiger partial charge in [-0.05, 0) is 24.1 Å². The highest BCUT2D eigenvalue weighted by Crippen LogP contribution is 2.20. The molecular formula is C19H24ClNO7. The van der Waals surface area contributed by atoms with Crippen LogP contribution in [0.2, 0.25) is 5.02 Å². The highest BCUT2D eigenvalue weighted by Gasteiger charge is 2.31. The number of ether oxygens (including phenoxy) is 5. The van der Waals surface area contributed by atoms with Crippen LogP contribution in [-0.4, -0.2) is 58.7 Å². The zero-order valence-electron chi connectivity index (χ0n) is 15.9. The van der Waals surface area contributed by atoms with E-state index in [2.05, 4.69) is 0 Å². The Kier molecular flexibility index (Phi) is 11.7. The van der Waals surface area contributed by atoms with E-state index >= 15 is 0 Å². The summed E-state index contributed by atoms with van der Waals surface area (Å²) in [5.74, 6) is -2.00. The summed E-state index contributed by atoms with van der Waals surface area (Å²) in [6.07, 6.45) is 0.460. The van der Waals surface area contributed by atoms with Crippen molar-refractivity contribution < 1.29 is 33.3 Å². The third-order valence-electron chi connectivity index (χ3n) is 3.75. The smallest absolute Gasteiger partial charge is 0.348 e. The van der Waals surface area contributed by atoms with Gasteiger partial charge in [0, 0.05) is 25.7 Å². The number of hydrogen-bond acceptors (Lipinski definition) is 8. The van der Waals surface area contributed by atoms with Crippen molar-refractivity contribution in [3.63, 3.8) is 0 Å². The van der Waals surface area contributed by atoms with Crippen LogP contribution in [0.3, 0.4) is 0 Å². The van der Waals surface area contributed by atoms with Gasteiger partial charge in [0.1, 0.15) is 13.2 Å². The molecule has 0 aromatic heterocycles. The van der Waals surface area contributed by atoms with E-state index in [1.807, 2.05) is 0 Å². The Morgan fingerprint density at radius 3 is 2.11 bits per heavy atom. The van der Waals surface area contributed by atoms with E-state index in [1.165, 1.54) is 20.5 Å². The van der Waals surface area contributed by atoms with Gasteiger partial charge in [0.2, 0.25) is 6.10 Å². The number of rotatable bonds is 13. The summed E-state index contributed by atoms with van der Waals surface area (Å²) >= 11 is 5.89. The average molecular weight is 414 g/mol. The SMILES string of the molecule is COCCOC(=O)C(Cc1ccc(Cl)cc1)CC(OC#N)C(=O)OCCOC. The summed E-state index contributed by atoms with van der Waals surface area (Å²) in [5, 5.41) is 9.42. The zero-order valence-corrected chi connectivity index (χ0v) is 16.6. The number of hydrogen-bond donors (Lipinski definition) is 0. The van der Waals surface area contributed by atoms with Crippen LogP contribution in [0.15, 0.2) is 24.3 Å². The second-order valence-electron chi connectivity index (χ2n) is 5.78. The van der Waals surface area contributed by atoms with Crippen LogP contribution in [-0.2, 0) is 39.7 Å². The number of carbonyl (C=O) groups is 2. The predicted octanol–water partition coefficient (Wildman–Crippen LogP) is 2.13. The maximum absolute atomic E-state index is 12.5. The molecular weight excluding hydrogens is 390 g/mol. The third-order valence-corrected chi connectivity index (χ3v) is 4.00. The lowest BCUT2D eigenvalue weighted by Crippen LogP contribution is -2.33. The second kappa shape index (κ2) is 13.8. The van der Waals surface area contributed by atoms with Crippen molar-refractivity contribution in [2.75, 3.05) is 40.6 Å². The molecule has 0 bridgehead atoms. The maximum Gasteiger partial charge on any atom is 0.348 e. The lowest BCUT2D eigenvalue weighted by atomic mass is 9.93. The Labute approximate surface area is 169 Å². The van der Waals surface area contributed by atoms with Gasteiger partial charge >= 0.3 is 11.9 Å². The number of halogens is 1. The van der Waals surface area contributed by atoms with Gasteiger partial charge in [-0.15, -0.1) is 0 Å². The molecule has 0 saturated carbocycles. The quantitative estimate of drug-likeness (QED) is 0.275. The molecule has 0 saturated heterocycles. The van der Waals surface area contributed by atoms with Crippen molar-refractivity contribution in [1.29, 1.82) is 5.26 Å². The number of nitriles is 1. The summed E-state index contributed by atoms with van der Waals surface area (Å²) in [6, 6.07) is 6.95. The van der Waals surface area contributed by atoms with Crippen LogP contribution in [0.4, 0.5) is 0 Å². The molecule has 2 unspecified atom stereocenters. The van der Waals surface area contributed by atoms with E-state index in [0.717, 1.165) is 5.56 Å². The van der Waals surface area contributed by atoms with Crippen molar-refractivity contribution in [2.24, 2.45) is 5.92 Å². The lowest BCUT2D eigenvalue weighted by molar-refractivity contribution is -0.158. The third kappa shape index (κ3) is 9.04. The summed E-state index contributed by atoms with van der Waals surface area (Å²) in [5.41, 5.74) is 0.821. The summed E-state index contributed by atoms with van der Waals surface area (Å²) in [6.45, 7) is 0.546. The van der Waals surface area contributed by atoms with Gasteiger partial charge in [0.15, 0.2) is 0 Å². The summed E-state index contributed by atoms with van der Waals surface area (Å²) in [7, 11) is 2.96. The molecule has 8 nitrogen and oxygen atoms in total. The Hall–Kier alpha value is -2.34. The minimum Gasteiger partial charge on any atom is -0.463 e. The summed E-state index contributed by atoms with van der Waals surface area (Å²) in [4.78, 5) is 24.7. The highest BCUT2D eigenvalue weighted by molar-refractivity contribution is 6.30. The van der Waals surface area contributed by atoms with E-state index in [1.54, 1.807) is 24.3 Å². The Bertz CT molecular complexity index is 645. The minimum atomic E-state index is -1.23. The molecule has 0 fully saturated rings. The van der Waals surface area contributed by atoms with Crippen molar-refractivity contribution >= 4 is 23.5 Å². The van der Waals surface area contributed by atoms with E-state index in [-0.39, 0.29) is 39.3 Å². The van der Waals surface area contributed by atoms with Crippen LogP contribution in [0.1, 0.15) is 12.0 Å². The molecule has 0 heterocycles. The van der Waals surface area contributed by atoms with Gasteiger partial charge in [-0.1, -0.05) is 23.7 Å².